The van der Waals surface area contributed by atoms with Crippen LogP contribution in [0.25, 0.3) is 0 Å². The smallest absolute Gasteiger partial charge is 0.230 e. The lowest BCUT2D eigenvalue weighted by molar-refractivity contribution is -0.118. The van der Waals surface area contributed by atoms with Crippen LogP contribution in [0.1, 0.15) is 17.2 Å². The zero-order valence-corrected chi connectivity index (χ0v) is 15.9. The summed E-state index contributed by atoms with van der Waals surface area (Å²) in [6.45, 7) is 0.493. The number of rotatable bonds is 8. The normalized spacial score (nSPS) is 12.2. The van der Waals surface area contributed by atoms with Gasteiger partial charge < -0.3 is 10.2 Å². The molecule has 0 spiro atoms. The van der Waals surface area contributed by atoms with Crippen LogP contribution >= 0.6 is 23.4 Å². The second-order valence-corrected chi connectivity index (χ2v) is 7.32. The molecule has 2 aromatic carbocycles. The lowest BCUT2D eigenvalue weighted by Crippen LogP contribution is -2.35. The Labute approximate surface area is 157 Å². The van der Waals surface area contributed by atoms with E-state index < -0.39 is 0 Å². The van der Waals surface area contributed by atoms with Gasteiger partial charge in [0.2, 0.25) is 5.91 Å². The third kappa shape index (κ3) is 6.34. The molecule has 0 aliphatic carbocycles. The molecule has 0 aliphatic rings. The lowest BCUT2D eigenvalue weighted by Gasteiger charge is -2.26. The molecule has 134 valence electrons. The summed E-state index contributed by atoms with van der Waals surface area (Å²) in [5, 5.41) is 3.66. The van der Waals surface area contributed by atoms with E-state index in [9.17, 15) is 9.18 Å². The van der Waals surface area contributed by atoms with Crippen molar-refractivity contribution in [1.82, 2.24) is 10.2 Å². The number of hydrogen-bond acceptors (Lipinski definition) is 3. The summed E-state index contributed by atoms with van der Waals surface area (Å²) in [6.07, 6.45) is 0. The molecule has 1 amide bonds. The molecule has 0 saturated heterocycles. The fraction of sp³-hybridized carbons (Fsp3) is 0.316. The van der Waals surface area contributed by atoms with Crippen molar-refractivity contribution in [3.05, 3.63) is 70.5 Å². The molecule has 6 heteroatoms. The first-order valence-corrected chi connectivity index (χ1v) is 9.50. The first kappa shape index (κ1) is 19.8. The van der Waals surface area contributed by atoms with Gasteiger partial charge in [0.25, 0.3) is 0 Å². The van der Waals surface area contributed by atoms with Gasteiger partial charge in [-0.1, -0.05) is 41.9 Å². The summed E-state index contributed by atoms with van der Waals surface area (Å²) in [5.74, 6) is 0.766. The molecule has 2 aromatic rings. The molecule has 0 aliphatic heterocycles. The van der Waals surface area contributed by atoms with E-state index in [1.165, 1.54) is 23.9 Å². The van der Waals surface area contributed by atoms with Gasteiger partial charge in [0.1, 0.15) is 5.82 Å². The van der Waals surface area contributed by atoms with E-state index in [2.05, 4.69) is 5.32 Å². The standard InChI is InChI=1S/C19H22ClFN2OS/c1-23(2)18(16-5-3-4-6-17(16)20)11-22-19(24)13-25-12-14-7-9-15(21)10-8-14/h3-10,18H,11-13H2,1-2H3,(H,22,24). The molecule has 0 bridgehead atoms. The Morgan fingerprint density at radius 1 is 1.20 bits per heavy atom. The fourth-order valence-electron chi connectivity index (χ4n) is 2.42. The van der Waals surface area contributed by atoms with Gasteiger partial charge in [0.15, 0.2) is 0 Å². The average molecular weight is 381 g/mol. The van der Waals surface area contributed by atoms with Gasteiger partial charge in [-0.3, -0.25) is 4.79 Å². The summed E-state index contributed by atoms with van der Waals surface area (Å²) >= 11 is 7.78. The number of amides is 1. The Morgan fingerprint density at radius 3 is 2.52 bits per heavy atom. The minimum Gasteiger partial charge on any atom is -0.353 e. The first-order valence-electron chi connectivity index (χ1n) is 7.97. The van der Waals surface area contributed by atoms with Crippen LogP contribution in [-0.2, 0) is 10.5 Å². The van der Waals surface area contributed by atoms with E-state index in [-0.39, 0.29) is 17.8 Å². The SMILES string of the molecule is CN(C)C(CNC(=O)CSCc1ccc(F)cc1)c1ccccc1Cl. The number of thioether (sulfide) groups is 1. The second kappa shape index (κ2) is 9.80. The highest BCUT2D eigenvalue weighted by Crippen LogP contribution is 2.25. The third-order valence-corrected chi connectivity index (χ3v) is 5.14. The molecule has 1 unspecified atom stereocenters. The van der Waals surface area contributed by atoms with Gasteiger partial charge in [-0.2, -0.15) is 0 Å². The number of hydrogen-bond donors (Lipinski definition) is 1. The Morgan fingerprint density at radius 2 is 1.88 bits per heavy atom. The first-order chi connectivity index (χ1) is 12.0. The summed E-state index contributed by atoms with van der Waals surface area (Å²) in [4.78, 5) is 14.1. The van der Waals surface area contributed by atoms with Crippen molar-refractivity contribution in [2.45, 2.75) is 11.8 Å². The molecule has 0 radical (unpaired) electrons. The number of carbonyl (C=O) groups excluding carboxylic acids is 1. The molecule has 1 atom stereocenters. The maximum atomic E-state index is 12.9. The van der Waals surface area contributed by atoms with Crippen molar-refractivity contribution in [2.24, 2.45) is 0 Å². The van der Waals surface area contributed by atoms with Crippen molar-refractivity contribution >= 4 is 29.3 Å². The highest BCUT2D eigenvalue weighted by Gasteiger charge is 2.17. The highest BCUT2D eigenvalue weighted by atomic mass is 35.5. The van der Waals surface area contributed by atoms with Gasteiger partial charge in [-0.05, 0) is 43.4 Å². The molecule has 0 aromatic heterocycles. The topological polar surface area (TPSA) is 32.3 Å². The van der Waals surface area contributed by atoms with Gasteiger partial charge in [0.05, 0.1) is 11.8 Å². The minimum atomic E-state index is -0.249. The Hall–Kier alpha value is -1.56. The van der Waals surface area contributed by atoms with Crippen molar-refractivity contribution in [2.75, 3.05) is 26.4 Å². The van der Waals surface area contributed by atoms with E-state index >= 15 is 0 Å². The average Bonchev–Trinajstić information content (AvgIpc) is 2.58. The summed E-state index contributed by atoms with van der Waals surface area (Å²) < 4.78 is 12.9. The van der Waals surface area contributed by atoms with Crippen LogP contribution in [0.15, 0.2) is 48.5 Å². The monoisotopic (exact) mass is 380 g/mol. The molecule has 25 heavy (non-hydrogen) atoms. The van der Waals surface area contributed by atoms with Crippen LogP contribution in [0.2, 0.25) is 5.02 Å². The number of likely N-dealkylation sites (N-methyl/N-ethyl adjacent to an activating group) is 1. The predicted octanol–water partition coefficient (Wildman–Crippen LogP) is 4.13. The number of halogens is 2. The molecule has 0 saturated carbocycles. The highest BCUT2D eigenvalue weighted by molar-refractivity contribution is 7.99. The van der Waals surface area contributed by atoms with Crippen molar-refractivity contribution < 1.29 is 9.18 Å². The van der Waals surface area contributed by atoms with Gasteiger partial charge in [-0.25, -0.2) is 4.39 Å². The maximum absolute atomic E-state index is 12.9. The molecular weight excluding hydrogens is 359 g/mol. The minimum absolute atomic E-state index is 0.0137. The summed E-state index contributed by atoms with van der Waals surface area (Å²) in [5.41, 5.74) is 2.00. The van der Waals surface area contributed by atoms with Crippen LogP contribution < -0.4 is 5.32 Å². The second-order valence-electron chi connectivity index (χ2n) is 5.92. The van der Waals surface area contributed by atoms with Crippen LogP contribution in [0.3, 0.4) is 0 Å². The van der Waals surface area contributed by atoms with Crippen LogP contribution in [0.4, 0.5) is 4.39 Å². The van der Waals surface area contributed by atoms with Crippen molar-refractivity contribution in [3.63, 3.8) is 0 Å². The molecule has 1 N–H and O–H groups in total. The van der Waals surface area contributed by atoms with E-state index in [4.69, 9.17) is 11.6 Å². The fourth-order valence-corrected chi connectivity index (χ4v) is 3.50. The van der Waals surface area contributed by atoms with Gasteiger partial charge in [-0.15, -0.1) is 11.8 Å². The molecular formula is C19H22ClFN2OS. The number of carbonyl (C=O) groups is 1. The van der Waals surface area contributed by atoms with Crippen LogP contribution in [0.5, 0.6) is 0 Å². The summed E-state index contributed by atoms with van der Waals surface area (Å²) in [6, 6.07) is 14.0. The van der Waals surface area contributed by atoms with Crippen LogP contribution in [-0.4, -0.2) is 37.2 Å². The molecule has 0 heterocycles. The largest absolute Gasteiger partial charge is 0.353 e. The van der Waals surface area contributed by atoms with Crippen LogP contribution in [0, 0.1) is 5.82 Å². The third-order valence-electron chi connectivity index (χ3n) is 3.80. The summed E-state index contributed by atoms with van der Waals surface area (Å²) in [7, 11) is 3.92. The zero-order chi connectivity index (χ0) is 18.2. The van der Waals surface area contributed by atoms with E-state index in [0.717, 1.165) is 11.1 Å². The Balaban J connectivity index is 1.81. The maximum Gasteiger partial charge on any atom is 0.230 e. The van der Waals surface area contributed by atoms with E-state index in [0.29, 0.717) is 23.1 Å². The molecule has 2 rings (SSSR count). The quantitative estimate of drug-likeness (QED) is 0.747. The lowest BCUT2D eigenvalue weighted by atomic mass is 10.1. The van der Waals surface area contributed by atoms with Crippen molar-refractivity contribution in [3.8, 4) is 0 Å². The number of nitrogens with zero attached hydrogens (tertiary/aromatic N) is 1. The van der Waals surface area contributed by atoms with Gasteiger partial charge >= 0.3 is 0 Å². The predicted molar refractivity (Wildman–Crippen MR) is 103 cm³/mol. The number of nitrogens with one attached hydrogen (secondary N) is 1. The Bertz CT molecular complexity index is 694. The van der Waals surface area contributed by atoms with E-state index in [1.54, 1.807) is 12.1 Å². The van der Waals surface area contributed by atoms with Crippen molar-refractivity contribution in [1.29, 1.82) is 0 Å². The zero-order valence-electron chi connectivity index (χ0n) is 14.3. The van der Waals surface area contributed by atoms with E-state index in [1.807, 2.05) is 43.3 Å². The Kier molecular flexibility index (Phi) is 7.75. The van der Waals surface area contributed by atoms with Gasteiger partial charge in [0, 0.05) is 17.3 Å². The number of benzene rings is 2. The molecule has 3 nitrogen and oxygen atoms in total. The molecule has 0 fully saturated rings.